The van der Waals surface area contributed by atoms with Gasteiger partial charge in [0, 0.05) is 55.1 Å². The van der Waals surface area contributed by atoms with Gasteiger partial charge >= 0.3 is 5.97 Å². The van der Waals surface area contributed by atoms with Crippen LogP contribution in [0.25, 0.3) is 0 Å². The van der Waals surface area contributed by atoms with Crippen LogP contribution in [0.4, 0.5) is 0 Å². The Bertz CT molecular complexity index is 1520. The van der Waals surface area contributed by atoms with Crippen molar-refractivity contribution >= 4 is 5.97 Å². The fourth-order valence-corrected chi connectivity index (χ4v) is 12.6. The summed E-state index contributed by atoms with van der Waals surface area (Å²) in [5.41, 5.74) is -9.44. The number of piperidine rings is 2. The van der Waals surface area contributed by atoms with E-state index in [-0.39, 0.29) is 24.9 Å². The summed E-state index contributed by atoms with van der Waals surface area (Å²) in [5.74, 6) is -3.63. The Labute approximate surface area is 280 Å². The van der Waals surface area contributed by atoms with E-state index >= 15 is 0 Å². The van der Waals surface area contributed by atoms with Gasteiger partial charge in [0.1, 0.15) is 22.4 Å². The quantitative estimate of drug-likeness (QED) is 0.253. The van der Waals surface area contributed by atoms with Crippen molar-refractivity contribution < 1.29 is 54.4 Å². The maximum absolute atomic E-state index is 13.5. The number of benzene rings is 1. The third-order valence-electron chi connectivity index (χ3n) is 14.9. The minimum atomic E-state index is -2.10. The number of aliphatic hydroxyl groups excluding tert-OH is 1. The highest BCUT2D eigenvalue weighted by atomic mass is 16.7. The molecule has 1 aromatic carbocycles. The molecule has 4 saturated carbocycles. The normalized spacial score (nSPS) is 53.6. The van der Waals surface area contributed by atoms with E-state index in [1.54, 1.807) is 19.1 Å². The van der Waals surface area contributed by atoms with Crippen LogP contribution in [0.1, 0.15) is 82.5 Å². The number of fused-ring (bicyclic) bond motifs is 5. The van der Waals surface area contributed by atoms with Crippen LogP contribution in [0.2, 0.25) is 0 Å². The van der Waals surface area contributed by atoms with Crippen LogP contribution in [0, 0.1) is 29.1 Å². The Balaban J connectivity index is 1.16. The topological polar surface area (TPSA) is 179 Å². The molecule has 8 rings (SSSR count). The second-order valence-corrected chi connectivity index (χ2v) is 16.8. The summed E-state index contributed by atoms with van der Waals surface area (Å²) in [6, 6.07) is 4.28. The van der Waals surface area contributed by atoms with Crippen LogP contribution in [0.5, 0.6) is 11.5 Å². The molecule has 0 aromatic heterocycles. The van der Waals surface area contributed by atoms with Crippen molar-refractivity contribution in [1.82, 2.24) is 4.90 Å². The molecule has 0 radical (unpaired) electrons. The monoisotopic (exact) mass is 673 g/mol. The van der Waals surface area contributed by atoms with Gasteiger partial charge in [0.25, 0.3) is 0 Å². The van der Waals surface area contributed by atoms with Gasteiger partial charge in [0.15, 0.2) is 17.6 Å². The van der Waals surface area contributed by atoms with Crippen molar-refractivity contribution in [2.75, 3.05) is 27.3 Å². The lowest BCUT2D eigenvalue weighted by Gasteiger charge is -2.68. The van der Waals surface area contributed by atoms with Crippen molar-refractivity contribution in [3.63, 3.8) is 0 Å². The highest BCUT2D eigenvalue weighted by Gasteiger charge is 2.88. The van der Waals surface area contributed by atoms with Gasteiger partial charge in [0.2, 0.25) is 5.79 Å². The summed E-state index contributed by atoms with van der Waals surface area (Å²) >= 11 is 0. The minimum absolute atomic E-state index is 0.101. The molecule has 14 atom stereocenters. The predicted octanol–water partition coefficient (Wildman–Crippen LogP) is 1.36. The number of carbonyl (C=O) groups is 1. The van der Waals surface area contributed by atoms with E-state index in [2.05, 4.69) is 11.8 Å². The van der Waals surface area contributed by atoms with E-state index in [1.807, 2.05) is 6.92 Å². The number of hydrogen-bond acceptors (Lipinski definition) is 12. The number of methoxy groups -OCH3 is 2. The van der Waals surface area contributed by atoms with Gasteiger partial charge in [-0.1, -0.05) is 13.8 Å². The van der Waals surface area contributed by atoms with Crippen LogP contribution >= 0.6 is 0 Å². The van der Waals surface area contributed by atoms with Crippen molar-refractivity contribution in [2.24, 2.45) is 29.1 Å². The summed E-state index contributed by atoms with van der Waals surface area (Å²) in [4.78, 5) is 15.6. The zero-order chi connectivity index (χ0) is 34.4. The van der Waals surface area contributed by atoms with E-state index in [1.165, 1.54) is 20.3 Å². The summed E-state index contributed by atoms with van der Waals surface area (Å²) in [7, 11) is 2.97. The largest absolute Gasteiger partial charge is 0.493 e. The van der Waals surface area contributed by atoms with Crippen LogP contribution in [0.15, 0.2) is 18.2 Å². The van der Waals surface area contributed by atoms with E-state index in [9.17, 15) is 35.4 Å². The zero-order valence-corrected chi connectivity index (χ0v) is 28.5. The van der Waals surface area contributed by atoms with Gasteiger partial charge < -0.3 is 49.6 Å². The lowest BCUT2D eigenvalue weighted by atomic mass is 9.49. The van der Waals surface area contributed by atoms with Crippen LogP contribution < -0.4 is 9.47 Å². The lowest BCUT2D eigenvalue weighted by molar-refractivity contribution is -0.354. The first kappa shape index (κ1) is 33.1. The molecule has 12 nitrogen and oxygen atoms in total. The van der Waals surface area contributed by atoms with Crippen molar-refractivity contribution in [2.45, 2.75) is 124 Å². The molecule has 0 unspecified atom stereocenters. The maximum Gasteiger partial charge on any atom is 0.338 e. The number of nitrogens with zero attached hydrogens (tertiary/aromatic N) is 1. The Kier molecular flexibility index (Phi) is 6.94. The number of rotatable bonds is 4. The Hall–Kier alpha value is -2.03. The van der Waals surface area contributed by atoms with Gasteiger partial charge in [-0.25, -0.2) is 4.79 Å². The summed E-state index contributed by atoms with van der Waals surface area (Å²) in [6.45, 7) is 6.57. The van der Waals surface area contributed by atoms with Gasteiger partial charge in [0.05, 0.1) is 31.5 Å². The molecule has 12 heteroatoms. The molecule has 3 saturated heterocycles. The molecule has 48 heavy (non-hydrogen) atoms. The average molecular weight is 674 g/mol. The van der Waals surface area contributed by atoms with E-state index in [4.69, 9.17) is 18.9 Å². The van der Waals surface area contributed by atoms with Gasteiger partial charge in [-0.15, -0.1) is 0 Å². The molecular weight excluding hydrogens is 622 g/mol. The average Bonchev–Trinajstić information content (AvgIpc) is 3.21. The molecule has 6 N–H and O–H groups in total. The molecule has 1 spiro atoms. The van der Waals surface area contributed by atoms with Gasteiger partial charge in [-0.3, -0.25) is 4.90 Å². The molecule has 4 aliphatic carbocycles. The fraction of sp³-hybridized carbons (Fsp3) is 0.806. The number of esters is 1. The molecule has 3 heterocycles. The summed E-state index contributed by atoms with van der Waals surface area (Å²) in [5, 5.41) is 74.7. The first-order valence-corrected chi connectivity index (χ1v) is 17.6. The van der Waals surface area contributed by atoms with Crippen LogP contribution in [0.3, 0.4) is 0 Å². The minimum Gasteiger partial charge on any atom is -0.493 e. The number of aliphatic hydroxyl groups is 6. The maximum atomic E-state index is 13.5. The van der Waals surface area contributed by atoms with Crippen LogP contribution in [-0.4, -0.2) is 121 Å². The highest BCUT2D eigenvalue weighted by molar-refractivity contribution is 5.90. The van der Waals surface area contributed by atoms with Crippen molar-refractivity contribution in [3.8, 4) is 11.5 Å². The number of ether oxygens (including phenoxy) is 4. The van der Waals surface area contributed by atoms with Crippen molar-refractivity contribution in [3.05, 3.63) is 23.8 Å². The number of hydrogen-bond donors (Lipinski definition) is 6. The van der Waals surface area contributed by atoms with E-state index in [0.29, 0.717) is 56.1 Å². The van der Waals surface area contributed by atoms with E-state index < -0.39 is 81.2 Å². The molecule has 1 aromatic rings. The fourth-order valence-electron chi connectivity index (χ4n) is 12.6. The molecular formula is C36H51NO11. The second-order valence-electron chi connectivity index (χ2n) is 16.8. The molecule has 7 fully saturated rings. The highest BCUT2D eigenvalue weighted by Crippen LogP contribution is 2.78. The summed E-state index contributed by atoms with van der Waals surface area (Å²) < 4.78 is 23.5. The third-order valence-corrected chi connectivity index (χ3v) is 14.9. The summed E-state index contributed by atoms with van der Waals surface area (Å²) in [6.07, 6.45) is 0.172. The molecule has 266 valence electrons. The Morgan fingerprint density at radius 1 is 0.896 bits per heavy atom. The third kappa shape index (κ3) is 3.66. The molecule has 4 bridgehead atoms. The Morgan fingerprint density at radius 2 is 1.60 bits per heavy atom. The smallest absolute Gasteiger partial charge is 0.338 e. The Morgan fingerprint density at radius 3 is 2.31 bits per heavy atom. The standard InChI is InChI=1S/C36H51NO11/c1-19-6-11-26-31(3,40)35(43)25(17-37(26)16-19)33(42)18-34-24(32(33,41)15-27(35)38)10-9-23-30(34,2)13-12-28(36(23,44)48-34)47-29(39)20-7-8-21(45-4)22(14-20)46-5/h7-8,14,19,23-28,38,40-44H,6,9-13,15-18H2,1-5H3/t19-,23-,24-,25-,26-,27-,28-,30-,31+,32-,33+,34+,35-,36-/m0/s1. The van der Waals surface area contributed by atoms with Gasteiger partial charge in [-0.05, 0) is 69.6 Å². The van der Waals surface area contributed by atoms with Gasteiger partial charge in [-0.2, -0.15) is 0 Å². The molecule has 0 amide bonds. The molecule has 7 aliphatic rings. The predicted molar refractivity (Wildman–Crippen MR) is 169 cm³/mol. The SMILES string of the molecule is COc1ccc(C(=O)O[C@H]2CC[C@@]3(C)[C@@H]4CC[C@H]5[C@@]6(O)C[C@H](O)[C@@]7(O)[C@@H](CN8C[C@@H](C)CC[C@H]8[C@@]7(C)O)[C@]6(O)C[C@@]53O[C@]24O)cc1OC. The van der Waals surface area contributed by atoms with Crippen LogP contribution in [-0.2, 0) is 9.47 Å². The second kappa shape index (κ2) is 10.1. The lowest BCUT2D eigenvalue weighted by Crippen LogP contribution is -2.85. The first-order valence-electron chi connectivity index (χ1n) is 17.6. The first-order chi connectivity index (χ1) is 22.5. The number of carbonyl (C=O) groups excluding carboxylic acids is 1. The zero-order valence-electron chi connectivity index (χ0n) is 28.5. The molecule has 3 aliphatic heterocycles. The van der Waals surface area contributed by atoms with E-state index in [0.717, 1.165) is 6.42 Å². The van der Waals surface area contributed by atoms with Crippen molar-refractivity contribution in [1.29, 1.82) is 0 Å².